The highest BCUT2D eigenvalue weighted by molar-refractivity contribution is 7.89. The second-order valence-corrected chi connectivity index (χ2v) is 6.29. The summed E-state index contributed by atoms with van der Waals surface area (Å²) in [5.41, 5.74) is 0. The lowest BCUT2D eigenvalue weighted by molar-refractivity contribution is 0.151. The second kappa shape index (κ2) is 6.76. The number of alkyl halides is 1. The molecule has 1 fully saturated rings. The van der Waals surface area contributed by atoms with Crippen LogP contribution in [0.2, 0.25) is 0 Å². The number of β-amino-alcohol motifs (C(OH)–C–C–N with tert-alkyl or cyclic N) is 1. The van der Waals surface area contributed by atoms with Gasteiger partial charge in [-0.2, -0.15) is 4.31 Å². The van der Waals surface area contributed by atoms with Crippen LogP contribution < -0.4 is 0 Å². The predicted molar refractivity (Wildman–Crippen MR) is 64.2 cm³/mol. The Morgan fingerprint density at radius 3 is 2.31 bits per heavy atom. The van der Waals surface area contributed by atoms with E-state index in [-0.39, 0.29) is 12.4 Å². The molecule has 1 heterocycles. The molecule has 7 heteroatoms. The second-order valence-electron chi connectivity index (χ2n) is 3.82. The number of sulfonamides is 1. The van der Waals surface area contributed by atoms with Crippen molar-refractivity contribution < 1.29 is 13.5 Å². The molecule has 0 radical (unpaired) electrons. The van der Waals surface area contributed by atoms with Crippen molar-refractivity contribution >= 4 is 21.6 Å². The number of piperazine rings is 1. The van der Waals surface area contributed by atoms with Gasteiger partial charge in [0.05, 0.1) is 12.4 Å². The molecule has 0 spiro atoms. The molecular weight excluding hydrogens is 252 g/mol. The zero-order valence-electron chi connectivity index (χ0n) is 9.31. The average molecular weight is 271 g/mol. The van der Waals surface area contributed by atoms with Crippen molar-refractivity contribution in [3.63, 3.8) is 0 Å². The summed E-state index contributed by atoms with van der Waals surface area (Å²) in [7, 11) is -3.12. The molecule has 0 amide bonds. The zero-order valence-corrected chi connectivity index (χ0v) is 10.9. The minimum absolute atomic E-state index is 0.124. The number of nitrogens with zero attached hydrogens (tertiary/aromatic N) is 2. The van der Waals surface area contributed by atoms with Crippen molar-refractivity contribution in [2.45, 2.75) is 6.42 Å². The third-order valence-electron chi connectivity index (χ3n) is 2.68. The molecular formula is C9H19ClN2O3S. The molecule has 96 valence electrons. The van der Waals surface area contributed by atoms with Crippen molar-refractivity contribution in [2.24, 2.45) is 0 Å². The van der Waals surface area contributed by atoms with Crippen molar-refractivity contribution in [1.82, 2.24) is 9.21 Å². The maximum absolute atomic E-state index is 11.8. The maximum atomic E-state index is 11.8. The molecule has 0 aliphatic carbocycles. The smallest absolute Gasteiger partial charge is 0.214 e. The Hall–Kier alpha value is 0.120. The van der Waals surface area contributed by atoms with Crippen LogP contribution in [0.4, 0.5) is 0 Å². The first-order valence-electron chi connectivity index (χ1n) is 5.47. The van der Waals surface area contributed by atoms with E-state index in [9.17, 15) is 8.42 Å². The first-order valence-corrected chi connectivity index (χ1v) is 7.61. The minimum Gasteiger partial charge on any atom is -0.395 e. The van der Waals surface area contributed by atoms with E-state index in [1.54, 1.807) is 0 Å². The molecule has 1 N–H and O–H groups in total. The molecule has 0 aromatic rings. The fourth-order valence-electron chi connectivity index (χ4n) is 1.74. The number of rotatable bonds is 6. The molecule has 1 aliphatic heterocycles. The monoisotopic (exact) mass is 270 g/mol. The van der Waals surface area contributed by atoms with E-state index in [0.29, 0.717) is 45.0 Å². The van der Waals surface area contributed by atoms with Crippen molar-refractivity contribution in [2.75, 3.05) is 51.0 Å². The fraction of sp³-hybridized carbons (Fsp3) is 1.00. The third-order valence-corrected chi connectivity index (χ3v) is 4.90. The van der Waals surface area contributed by atoms with Gasteiger partial charge in [-0.05, 0) is 6.42 Å². The van der Waals surface area contributed by atoms with Crippen molar-refractivity contribution in [1.29, 1.82) is 0 Å². The topological polar surface area (TPSA) is 60.9 Å². The Labute approximate surface area is 102 Å². The summed E-state index contributed by atoms with van der Waals surface area (Å²) in [5.74, 6) is 0.514. The van der Waals surface area contributed by atoms with Gasteiger partial charge in [0.25, 0.3) is 0 Å². The molecule has 16 heavy (non-hydrogen) atoms. The Morgan fingerprint density at radius 2 is 1.81 bits per heavy atom. The lowest BCUT2D eigenvalue weighted by atomic mass is 10.4. The predicted octanol–water partition coefficient (Wildman–Crippen LogP) is -0.445. The van der Waals surface area contributed by atoms with E-state index in [1.807, 2.05) is 0 Å². The standard InChI is InChI=1S/C9H19ClN2O3S/c10-2-1-9-16(14,15)12-5-3-11(4-6-12)7-8-13/h13H,1-9H2. The van der Waals surface area contributed by atoms with Gasteiger partial charge in [-0.15, -0.1) is 11.6 Å². The lowest BCUT2D eigenvalue weighted by Gasteiger charge is -2.33. The van der Waals surface area contributed by atoms with Gasteiger partial charge in [0.1, 0.15) is 0 Å². The van der Waals surface area contributed by atoms with Gasteiger partial charge in [-0.3, -0.25) is 4.90 Å². The van der Waals surface area contributed by atoms with E-state index >= 15 is 0 Å². The Balaban J connectivity index is 2.40. The van der Waals surface area contributed by atoms with Crippen LogP contribution in [0.1, 0.15) is 6.42 Å². The van der Waals surface area contributed by atoms with Crippen LogP contribution in [0.15, 0.2) is 0 Å². The van der Waals surface area contributed by atoms with Crippen LogP contribution in [0.5, 0.6) is 0 Å². The van der Waals surface area contributed by atoms with E-state index in [0.717, 1.165) is 0 Å². The summed E-state index contributed by atoms with van der Waals surface area (Å²) >= 11 is 5.49. The molecule has 0 aromatic carbocycles. The van der Waals surface area contributed by atoms with Crippen molar-refractivity contribution in [3.8, 4) is 0 Å². The first kappa shape index (κ1) is 14.2. The van der Waals surface area contributed by atoms with E-state index in [4.69, 9.17) is 16.7 Å². The van der Waals surface area contributed by atoms with E-state index in [2.05, 4.69) is 4.90 Å². The number of hydrogen-bond acceptors (Lipinski definition) is 4. The summed E-state index contributed by atoms with van der Waals surface area (Å²) in [4.78, 5) is 2.06. The van der Waals surface area contributed by atoms with Crippen LogP contribution in [0, 0.1) is 0 Å². The Morgan fingerprint density at radius 1 is 1.19 bits per heavy atom. The van der Waals surface area contributed by atoms with Crippen LogP contribution in [-0.2, 0) is 10.0 Å². The van der Waals surface area contributed by atoms with Crippen molar-refractivity contribution in [3.05, 3.63) is 0 Å². The quantitative estimate of drug-likeness (QED) is 0.665. The molecule has 1 aliphatic rings. The SMILES string of the molecule is O=S(=O)(CCCCl)N1CCN(CCO)CC1. The zero-order chi connectivity index (χ0) is 12.0. The number of aliphatic hydroxyl groups is 1. The normalized spacial score (nSPS) is 20.1. The molecule has 0 aromatic heterocycles. The van der Waals surface area contributed by atoms with E-state index in [1.165, 1.54) is 4.31 Å². The fourth-order valence-corrected chi connectivity index (χ4v) is 3.52. The highest BCUT2D eigenvalue weighted by Gasteiger charge is 2.25. The molecule has 5 nitrogen and oxygen atoms in total. The van der Waals surface area contributed by atoms with Gasteiger partial charge in [0, 0.05) is 38.6 Å². The molecule has 0 atom stereocenters. The third kappa shape index (κ3) is 4.18. The summed E-state index contributed by atoms with van der Waals surface area (Å²) in [6, 6.07) is 0. The van der Waals surface area contributed by atoms with Gasteiger partial charge in [0.2, 0.25) is 10.0 Å². The average Bonchev–Trinajstić information content (AvgIpc) is 2.28. The van der Waals surface area contributed by atoms with Crippen LogP contribution in [0.3, 0.4) is 0 Å². The Kier molecular flexibility index (Phi) is 5.99. The minimum atomic E-state index is -3.12. The highest BCUT2D eigenvalue weighted by Crippen LogP contribution is 2.09. The van der Waals surface area contributed by atoms with Gasteiger partial charge in [0.15, 0.2) is 0 Å². The lowest BCUT2D eigenvalue weighted by Crippen LogP contribution is -2.49. The van der Waals surface area contributed by atoms with E-state index < -0.39 is 10.0 Å². The number of hydrogen-bond donors (Lipinski definition) is 1. The van der Waals surface area contributed by atoms with Crippen LogP contribution in [0.25, 0.3) is 0 Å². The summed E-state index contributed by atoms with van der Waals surface area (Å²) in [6.07, 6.45) is 0.501. The molecule has 1 saturated heterocycles. The molecule has 1 rings (SSSR count). The molecule has 0 unspecified atom stereocenters. The van der Waals surface area contributed by atoms with Gasteiger partial charge in [-0.1, -0.05) is 0 Å². The molecule has 0 saturated carbocycles. The number of aliphatic hydroxyl groups excluding tert-OH is 1. The maximum Gasteiger partial charge on any atom is 0.214 e. The van der Waals surface area contributed by atoms with Crippen LogP contribution in [-0.4, -0.2) is 73.7 Å². The summed E-state index contributed by atoms with van der Waals surface area (Å²) in [5, 5.41) is 8.77. The number of halogens is 1. The van der Waals surface area contributed by atoms with Gasteiger partial charge in [-0.25, -0.2) is 8.42 Å². The largest absolute Gasteiger partial charge is 0.395 e. The van der Waals surface area contributed by atoms with Gasteiger partial charge >= 0.3 is 0 Å². The highest BCUT2D eigenvalue weighted by atomic mass is 35.5. The first-order chi connectivity index (χ1) is 7.60. The molecule has 0 bridgehead atoms. The Bertz CT molecular complexity index is 289. The van der Waals surface area contributed by atoms with Crippen LogP contribution >= 0.6 is 11.6 Å². The summed E-state index contributed by atoms with van der Waals surface area (Å²) < 4.78 is 25.1. The summed E-state index contributed by atoms with van der Waals surface area (Å²) in [6.45, 7) is 3.17. The van der Waals surface area contributed by atoms with Gasteiger partial charge < -0.3 is 5.11 Å².